The maximum atomic E-state index is 11.6. The zero-order valence-corrected chi connectivity index (χ0v) is 10.5. The van der Waals surface area contributed by atoms with Crippen LogP contribution in [0.3, 0.4) is 0 Å². The molecule has 0 saturated heterocycles. The van der Waals surface area contributed by atoms with Gasteiger partial charge in [0.15, 0.2) is 5.69 Å². The lowest BCUT2D eigenvalue weighted by molar-refractivity contribution is 0.0517. The molecule has 0 spiro atoms. The lowest BCUT2D eigenvalue weighted by Crippen LogP contribution is -2.08. The second kappa shape index (κ2) is 5.44. The number of carbonyl (C=O) groups excluding carboxylic acids is 1. The van der Waals surface area contributed by atoms with E-state index in [1.165, 1.54) is 4.80 Å². The maximum absolute atomic E-state index is 11.6. The number of benzene rings is 1. The highest BCUT2D eigenvalue weighted by Crippen LogP contribution is 2.06. The van der Waals surface area contributed by atoms with Crippen molar-refractivity contribution in [3.05, 3.63) is 47.3 Å². The minimum atomic E-state index is -0.422. The van der Waals surface area contributed by atoms with Gasteiger partial charge in [0.1, 0.15) is 0 Å². The predicted octanol–water partition coefficient (Wildman–Crippen LogP) is 1.81. The molecule has 0 amide bonds. The lowest BCUT2D eigenvalue weighted by Gasteiger charge is -1.99. The molecule has 0 aliphatic rings. The van der Waals surface area contributed by atoms with Crippen LogP contribution < -0.4 is 0 Å². The van der Waals surface area contributed by atoms with Crippen molar-refractivity contribution in [2.24, 2.45) is 0 Å². The molecule has 2 rings (SSSR count). The zero-order valence-electron chi connectivity index (χ0n) is 10.5. The van der Waals surface area contributed by atoms with Crippen LogP contribution in [0.2, 0.25) is 0 Å². The Morgan fingerprint density at radius 2 is 2.00 bits per heavy atom. The Hall–Kier alpha value is -2.17. The molecule has 94 valence electrons. The number of aromatic nitrogens is 3. The number of nitrogens with zero attached hydrogens (tertiary/aromatic N) is 3. The topological polar surface area (TPSA) is 57.0 Å². The number of carbonyl (C=O) groups is 1. The quantitative estimate of drug-likeness (QED) is 0.771. The summed E-state index contributed by atoms with van der Waals surface area (Å²) in [7, 11) is 0. The first-order valence-electron chi connectivity index (χ1n) is 5.83. The fraction of sp³-hybridized carbons (Fsp3) is 0.308. The molecule has 5 heteroatoms. The largest absolute Gasteiger partial charge is 0.461 e. The third-order valence-electron chi connectivity index (χ3n) is 2.46. The molecule has 0 bridgehead atoms. The van der Waals surface area contributed by atoms with E-state index < -0.39 is 5.97 Å². The Labute approximate surface area is 105 Å². The molecule has 1 aromatic heterocycles. The summed E-state index contributed by atoms with van der Waals surface area (Å²) in [6.45, 7) is 4.40. The van der Waals surface area contributed by atoms with Crippen molar-refractivity contribution in [3.8, 4) is 0 Å². The smallest absolute Gasteiger partial charge is 0.360 e. The van der Waals surface area contributed by atoms with E-state index in [0.717, 1.165) is 5.56 Å². The van der Waals surface area contributed by atoms with Gasteiger partial charge in [0.2, 0.25) is 0 Å². The lowest BCUT2D eigenvalue weighted by atomic mass is 10.2. The maximum Gasteiger partial charge on any atom is 0.360 e. The fourth-order valence-corrected chi connectivity index (χ4v) is 1.64. The van der Waals surface area contributed by atoms with Crippen LogP contribution in [-0.2, 0) is 11.3 Å². The monoisotopic (exact) mass is 245 g/mol. The summed E-state index contributed by atoms with van der Waals surface area (Å²) in [6, 6.07) is 9.84. The van der Waals surface area contributed by atoms with Crippen molar-refractivity contribution < 1.29 is 9.53 Å². The molecule has 0 atom stereocenters. The van der Waals surface area contributed by atoms with Gasteiger partial charge >= 0.3 is 5.97 Å². The highest BCUT2D eigenvalue weighted by molar-refractivity contribution is 5.88. The second-order valence-electron chi connectivity index (χ2n) is 3.87. The number of ether oxygens (including phenoxy) is 1. The molecule has 0 aliphatic heterocycles. The number of aryl methyl sites for hydroxylation is 1. The van der Waals surface area contributed by atoms with Crippen LogP contribution in [0, 0.1) is 6.92 Å². The third-order valence-corrected chi connectivity index (χ3v) is 2.46. The van der Waals surface area contributed by atoms with Gasteiger partial charge < -0.3 is 4.74 Å². The van der Waals surface area contributed by atoms with Crippen molar-refractivity contribution in [1.82, 2.24) is 15.0 Å². The molecule has 1 aromatic carbocycles. The van der Waals surface area contributed by atoms with Gasteiger partial charge in [-0.3, -0.25) is 0 Å². The Balaban J connectivity index is 2.16. The predicted molar refractivity (Wildman–Crippen MR) is 66.3 cm³/mol. The van der Waals surface area contributed by atoms with Gasteiger partial charge in [-0.05, 0) is 19.4 Å². The van der Waals surface area contributed by atoms with E-state index in [9.17, 15) is 4.79 Å². The number of esters is 1. The van der Waals surface area contributed by atoms with E-state index in [0.29, 0.717) is 18.8 Å². The normalized spacial score (nSPS) is 10.3. The number of hydrogen-bond acceptors (Lipinski definition) is 4. The van der Waals surface area contributed by atoms with Gasteiger partial charge in [0.25, 0.3) is 0 Å². The molecule has 1 heterocycles. The summed E-state index contributed by atoms with van der Waals surface area (Å²) in [5.41, 5.74) is 1.96. The first-order chi connectivity index (χ1) is 8.70. The van der Waals surface area contributed by atoms with Crippen LogP contribution >= 0.6 is 0 Å². The van der Waals surface area contributed by atoms with E-state index in [2.05, 4.69) is 10.2 Å². The highest BCUT2D eigenvalue weighted by Gasteiger charge is 2.16. The first-order valence-corrected chi connectivity index (χ1v) is 5.83. The van der Waals surface area contributed by atoms with Gasteiger partial charge in [0.05, 0.1) is 18.8 Å². The van der Waals surface area contributed by atoms with Crippen molar-refractivity contribution in [2.75, 3.05) is 6.61 Å². The van der Waals surface area contributed by atoms with Crippen LogP contribution in [0.4, 0.5) is 0 Å². The Bertz CT molecular complexity index is 534. The summed E-state index contributed by atoms with van der Waals surface area (Å²) in [6.07, 6.45) is 0. The standard InChI is InChI=1S/C13H15N3O2/c1-3-18-13(17)12-10(2)14-16(15-12)9-11-7-5-4-6-8-11/h4-8H,3,9H2,1-2H3. The molecule has 0 aliphatic carbocycles. The van der Waals surface area contributed by atoms with E-state index in [-0.39, 0.29) is 5.69 Å². The molecule has 0 saturated carbocycles. The van der Waals surface area contributed by atoms with Gasteiger partial charge in [0, 0.05) is 0 Å². The SMILES string of the molecule is CCOC(=O)c1nn(Cc2ccccc2)nc1C. The number of rotatable bonds is 4. The molecular formula is C13H15N3O2. The average molecular weight is 245 g/mol. The van der Waals surface area contributed by atoms with Gasteiger partial charge in [-0.15, -0.1) is 5.10 Å². The van der Waals surface area contributed by atoms with Crippen LogP contribution in [0.25, 0.3) is 0 Å². The van der Waals surface area contributed by atoms with E-state index in [1.807, 2.05) is 30.3 Å². The van der Waals surface area contributed by atoms with Crippen molar-refractivity contribution >= 4 is 5.97 Å². The Morgan fingerprint density at radius 3 is 2.67 bits per heavy atom. The summed E-state index contributed by atoms with van der Waals surface area (Å²) in [4.78, 5) is 13.1. The Kier molecular flexibility index (Phi) is 3.72. The van der Waals surface area contributed by atoms with Gasteiger partial charge in [-0.2, -0.15) is 9.90 Å². The molecule has 18 heavy (non-hydrogen) atoms. The van der Waals surface area contributed by atoms with E-state index >= 15 is 0 Å². The van der Waals surface area contributed by atoms with Gasteiger partial charge in [-0.1, -0.05) is 30.3 Å². The summed E-state index contributed by atoms with van der Waals surface area (Å²) in [5.74, 6) is -0.422. The third kappa shape index (κ3) is 2.74. The van der Waals surface area contributed by atoms with E-state index in [1.54, 1.807) is 13.8 Å². The summed E-state index contributed by atoms with van der Waals surface area (Å²) in [5, 5.41) is 8.37. The first kappa shape index (κ1) is 12.3. The molecule has 0 radical (unpaired) electrons. The van der Waals surface area contributed by atoms with Crippen molar-refractivity contribution in [1.29, 1.82) is 0 Å². The van der Waals surface area contributed by atoms with Crippen molar-refractivity contribution in [2.45, 2.75) is 20.4 Å². The van der Waals surface area contributed by atoms with Crippen LogP contribution in [0.15, 0.2) is 30.3 Å². The number of hydrogen-bond donors (Lipinski definition) is 0. The fourth-order valence-electron chi connectivity index (χ4n) is 1.64. The minimum Gasteiger partial charge on any atom is -0.461 e. The molecule has 2 aromatic rings. The molecule has 0 N–H and O–H groups in total. The van der Waals surface area contributed by atoms with E-state index in [4.69, 9.17) is 4.74 Å². The molecule has 0 fully saturated rings. The minimum absolute atomic E-state index is 0.285. The van der Waals surface area contributed by atoms with Crippen LogP contribution in [-0.4, -0.2) is 27.6 Å². The zero-order chi connectivity index (χ0) is 13.0. The van der Waals surface area contributed by atoms with Crippen LogP contribution in [0.5, 0.6) is 0 Å². The second-order valence-corrected chi connectivity index (χ2v) is 3.87. The summed E-state index contributed by atoms with van der Waals surface area (Å²) < 4.78 is 4.92. The van der Waals surface area contributed by atoms with Crippen LogP contribution in [0.1, 0.15) is 28.7 Å². The molecule has 0 unspecified atom stereocenters. The molecular weight excluding hydrogens is 230 g/mol. The summed E-state index contributed by atoms with van der Waals surface area (Å²) >= 11 is 0. The average Bonchev–Trinajstić information content (AvgIpc) is 2.72. The van der Waals surface area contributed by atoms with Gasteiger partial charge in [-0.25, -0.2) is 4.79 Å². The molecule has 5 nitrogen and oxygen atoms in total. The Morgan fingerprint density at radius 1 is 1.28 bits per heavy atom. The van der Waals surface area contributed by atoms with Crippen molar-refractivity contribution in [3.63, 3.8) is 0 Å². The highest BCUT2D eigenvalue weighted by atomic mass is 16.5.